The van der Waals surface area contributed by atoms with Crippen LogP contribution in [0.2, 0.25) is 0 Å². The maximum atomic E-state index is 12.7. The Balaban J connectivity index is 2.05. The lowest BCUT2D eigenvalue weighted by molar-refractivity contribution is -0.137. The van der Waals surface area contributed by atoms with Crippen molar-refractivity contribution in [2.75, 3.05) is 5.88 Å². The van der Waals surface area contributed by atoms with Gasteiger partial charge in [0, 0.05) is 18.0 Å². The molecule has 1 aliphatic carbocycles. The molecule has 1 saturated carbocycles. The van der Waals surface area contributed by atoms with Gasteiger partial charge in [-0.05, 0) is 30.4 Å². The minimum absolute atomic E-state index is 0.145. The lowest BCUT2D eigenvalue weighted by atomic mass is 9.77. The first-order valence-electron chi connectivity index (χ1n) is 7.32. The molecule has 1 N–H and O–H groups in total. The Morgan fingerprint density at radius 3 is 2.76 bits per heavy atom. The monoisotopic (exact) mass is 319 g/mol. The third kappa shape index (κ3) is 4.36. The van der Waals surface area contributed by atoms with E-state index in [1.807, 2.05) is 0 Å². The number of hydrogen-bond acceptors (Lipinski definition) is 1. The van der Waals surface area contributed by atoms with Crippen LogP contribution >= 0.6 is 11.6 Å². The molecule has 21 heavy (non-hydrogen) atoms. The van der Waals surface area contributed by atoms with Crippen molar-refractivity contribution in [2.45, 2.75) is 50.9 Å². The first-order chi connectivity index (χ1) is 9.85. The Morgan fingerprint density at radius 1 is 1.38 bits per heavy atom. The third-order valence-corrected chi connectivity index (χ3v) is 4.78. The Bertz CT molecular complexity index is 475. The van der Waals surface area contributed by atoms with Crippen LogP contribution in [0.4, 0.5) is 13.2 Å². The van der Waals surface area contributed by atoms with Crippen molar-refractivity contribution in [1.29, 1.82) is 0 Å². The SMILES string of the molecule is CC1CCCC(CCl)(NCc2cccc(C(F)(F)F)c2)C1. The number of halogens is 4. The van der Waals surface area contributed by atoms with Gasteiger partial charge in [0.25, 0.3) is 0 Å². The first kappa shape index (κ1) is 16.6. The fourth-order valence-corrected chi connectivity index (χ4v) is 3.47. The largest absolute Gasteiger partial charge is 0.416 e. The van der Waals surface area contributed by atoms with E-state index in [2.05, 4.69) is 12.2 Å². The van der Waals surface area contributed by atoms with Crippen molar-refractivity contribution in [3.05, 3.63) is 35.4 Å². The van der Waals surface area contributed by atoms with E-state index in [1.54, 1.807) is 6.07 Å². The molecular weight excluding hydrogens is 299 g/mol. The highest BCUT2D eigenvalue weighted by molar-refractivity contribution is 6.18. The van der Waals surface area contributed by atoms with Crippen LogP contribution in [-0.2, 0) is 12.7 Å². The first-order valence-corrected chi connectivity index (χ1v) is 7.85. The smallest absolute Gasteiger partial charge is 0.306 e. The predicted molar refractivity (Wildman–Crippen MR) is 79.4 cm³/mol. The van der Waals surface area contributed by atoms with Crippen LogP contribution in [0.25, 0.3) is 0 Å². The molecule has 1 nitrogen and oxygen atoms in total. The van der Waals surface area contributed by atoms with Crippen molar-refractivity contribution in [3.8, 4) is 0 Å². The molecule has 0 radical (unpaired) electrons. The summed E-state index contributed by atoms with van der Waals surface area (Å²) in [5.74, 6) is 1.10. The van der Waals surface area contributed by atoms with E-state index in [4.69, 9.17) is 11.6 Å². The molecule has 0 amide bonds. The van der Waals surface area contributed by atoms with E-state index in [0.29, 0.717) is 23.9 Å². The molecule has 0 bridgehead atoms. The highest BCUT2D eigenvalue weighted by Crippen LogP contribution is 2.34. The zero-order valence-corrected chi connectivity index (χ0v) is 12.9. The molecule has 0 spiro atoms. The molecule has 118 valence electrons. The lowest BCUT2D eigenvalue weighted by Crippen LogP contribution is -2.49. The van der Waals surface area contributed by atoms with Crippen LogP contribution in [0, 0.1) is 5.92 Å². The second-order valence-electron chi connectivity index (χ2n) is 6.17. The molecule has 1 fully saturated rings. The van der Waals surface area contributed by atoms with Gasteiger partial charge in [-0.1, -0.05) is 38.0 Å². The van der Waals surface area contributed by atoms with E-state index in [0.717, 1.165) is 25.3 Å². The van der Waals surface area contributed by atoms with Crippen LogP contribution in [0.15, 0.2) is 24.3 Å². The molecule has 5 heteroatoms. The molecule has 2 rings (SSSR count). The minimum Gasteiger partial charge on any atom is -0.306 e. The predicted octanol–water partition coefficient (Wildman–Crippen LogP) is 4.98. The van der Waals surface area contributed by atoms with Crippen molar-refractivity contribution >= 4 is 11.6 Å². The summed E-state index contributed by atoms with van der Waals surface area (Å²) in [6.07, 6.45) is -0.0118. The van der Waals surface area contributed by atoms with Gasteiger partial charge in [0.05, 0.1) is 5.56 Å². The maximum absolute atomic E-state index is 12.7. The molecule has 1 aromatic rings. The summed E-state index contributed by atoms with van der Waals surface area (Å²) in [6.45, 7) is 2.62. The fraction of sp³-hybridized carbons (Fsp3) is 0.625. The summed E-state index contributed by atoms with van der Waals surface area (Å²) in [5.41, 5.74) is -0.0979. The normalized spacial score (nSPS) is 26.8. The molecule has 0 aliphatic heterocycles. The van der Waals surface area contributed by atoms with Gasteiger partial charge in [-0.15, -0.1) is 11.6 Å². The average Bonchev–Trinajstić information content (AvgIpc) is 2.45. The quantitative estimate of drug-likeness (QED) is 0.771. The lowest BCUT2D eigenvalue weighted by Gasteiger charge is -2.39. The summed E-state index contributed by atoms with van der Waals surface area (Å²) >= 11 is 6.13. The summed E-state index contributed by atoms with van der Waals surface area (Å²) in [7, 11) is 0. The van der Waals surface area contributed by atoms with Crippen molar-refractivity contribution in [1.82, 2.24) is 5.32 Å². The molecule has 1 aromatic carbocycles. The number of alkyl halides is 4. The van der Waals surface area contributed by atoms with Crippen molar-refractivity contribution in [3.63, 3.8) is 0 Å². The Morgan fingerprint density at radius 2 is 2.14 bits per heavy atom. The zero-order chi connectivity index (χ0) is 15.5. The van der Waals surface area contributed by atoms with Gasteiger partial charge in [-0.25, -0.2) is 0 Å². The molecule has 0 saturated heterocycles. The van der Waals surface area contributed by atoms with E-state index in [9.17, 15) is 13.2 Å². The van der Waals surface area contributed by atoms with Gasteiger partial charge in [-0.2, -0.15) is 13.2 Å². The van der Waals surface area contributed by atoms with Crippen LogP contribution < -0.4 is 5.32 Å². The number of hydrogen-bond donors (Lipinski definition) is 1. The van der Waals surface area contributed by atoms with Gasteiger partial charge in [0.2, 0.25) is 0 Å². The maximum Gasteiger partial charge on any atom is 0.416 e. The van der Waals surface area contributed by atoms with E-state index in [-0.39, 0.29) is 5.54 Å². The number of nitrogens with one attached hydrogen (secondary N) is 1. The van der Waals surface area contributed by atoms with Crippen LogP contribution in [0.5, 0.6) is 0 Å². The zero-order valence-electron chi connectivity index (χ0n) is 12.1. The molecule has 1 aliphatic rings. The van der Waals surface area contributed by atoms with Gasteiger partial charge < -0.3 is 5.32 Å². The van der Waals surface area contributed by atoms with Crippen LogP contribution in [0.1, 0.15) is 43.7 Å². The van der Waals surface area contributed by atoms with E-state index >= 15 is 0 Å². The van der Waals surface area contributed by atoms with Gasteiger partial charge in [-0.3, -0.25) is 0 Å². The van der Waals surface area contributed by atoms with Crippen molar-refractivity contribution < 1.29 is 13.2 Å². The highest BCUT2D eigenvalue weighted by atomic mass is 35.5. The second kappa shape index (κ2) is 6.57. The molecule has 0 aromatic heterocycles. The Labute approximate surface area is 128 Å². The standard InChI is InChI=1S/C16H21ClF3N/c1-12-4-3-7-15(9-12,11-17)21-10-13-5-2-6-14(8-13)16(18,19)20/h2,5-6,8,12,21H,3-4,7,9-11H2,1H3. The molecule has 2 unspecified atom stereocenters. The van der Waals surface area contributed by atoms with Crippen LogP contribution in [0.3, 0.4) is 0 Å². The van der Waals surface area contributed by atoms with Crippen molar-refractivity contribution in [2.24, 2.45) is 5.92 Å². The summed E-state index contributed by atoms with van der Waals surface area (Å²) < 4.78 is 38.1. The second-order valence-corrected chi connectivity index (χ2v) is 6.43. The molecular formula is C16H21ClF3N. The highest BCUT2D eigenvalue weighted by Gasteiger charge is 2.34. The summed E-state index contributed by atoms with van der Waals surface area (Å²) in [5, 5.41) is 3.41. The summed E-state index contributed by atoms with van der Waals surface area (Å²) in [4.78, 5) is 0. The Hall–Kier alpha value is -0.740. The Kier molecular flexibility index (Phi) is 5.20. The topological polar surface area (TPSA) is 12.0 Å². The van der Waals surface area contributed by atoms with E-state index < -0.39 is 11.7 Å². The van der Waals surface area contributed by atoms with Crippen LogP contribution in [-0.4, -0.2) is 11.4 Å². The van der Waals surface area contributed by atoms with Gasteiger partial charge in [0.15, 0.2) is 0 Å². The number of rotatable bonds is 4. The fourth-order valence-electron chi connectivity index (χ4n) is 3.14. The van der Waals surface area contributed by atoms with Gasteiger partial charge in [0.1, 0.15) is 0 Å². The average molecular weight is 320 g/mol. The van der Waals surface area contributed by atoms with Gasteiger partial charge >= 0.3 is 6.18 Å². The number of benzene rings is 1. The minimum atomic E-state index is -4.29. The molecule has 0 heterocycles. The molecule has 2 atom stereocenters. The van der Waals surface area contributed by atoms with E-state index in [1.165, 1.54) is 18.6 Å². The third-order valence-electron chi connectivity index (χ3n) is 4.27. The summed E-state index contributed by atoms with van der Waals surface area (Å²) in [6, 6.07) is 5.48.